The van der Waals surface area contributed by atoms with E-state index in [0.717, 1.165) is 12.0 Å². The summed E-state index contributed by atoms with van der Waals surface area (Å²) in [5, 5.41) is 0. The van der Waals surface area contributed by atoms with Gasteiger partial charge in [0.2, 0.25) is 0 Å². The van der Waals surface area contributed by atoms with Crippen LogP contribution in [0.1, 0.15) is 26.7 Å². The zero-order valence-electron chi connectivity index (χ0n) is 6.08. The van der Waals surface area contributed by atoms with E-state index in [1.807, 2.05) is 0 Å². The van der Waals surface area contributed by atoms with Crippen LogP contribution in [0.25, 0.3) is 0 Å². The molecule has 0 amide bonds. The van der Waals surface area contributed by atoms with Gasteiger partial charge >= 0.3 is 0 Å². The molecule has 0 rings (SSSR count). The van der Waals surface area contributed by atoms with Crippen molar-refractivity contribution >= 4 is 0 Å². The summed E-state index contributed by atoms with van der Waals surface area (Å²) in [4.78, 5) is 0. The Balaban J connectivity index is 3.62. The Morgan fingerprint density at radius 1 is 1.56 bits per heavy atom. The van der Waals surface area contributed by atoms with E-state index >= 15 is 0 Å². The lowest BCUT2D eigenvalue weighted by molar-refractivity contribution is 0.580. The summed E-state index contributed by atoms with van der Waals surface area (Å²) in [5.74, 6) is -0.00472. The third-order valence-electron chi connectivity index (χ3n) is 1.11. The van der Waals surface area contributed by atoms with Crippen LogP contribution in [0.2, 0.25) is 0 Å². The second-order valence-corrected chi connectivity index (χ2v) is 2.23. The van der Waals surface area contributed by atoms with Crippen LogP contribution in [0.4, 0.5) is 4.39 Å². The maximum atomic E-state index is 12.5. The molecule has 0 aliphatic carbocycles. The average Bonchev–Trinajstić information content (AvgIpc) is 1.82. The summed E-state index contributed by atoms with van der Waals surface area (Å²) in [6, 6.07) is 0. The van der Waals surface area contributed by atoms with Crippen LogP contribution in [0, 0.1) is 0 Å². The third-order valence-corrected chi connectivity index (χ3v) is 1.11. The van der Waals surface area contributed by atoms with Gasteiger partial charge in [0.1, 0.15) is 0 Å². The third kappa shape index (κ3) is 3.95. The van der Waals surface area contributed by atoms with E-state index in [0.29, 0.717) is 6.42 Å². The van der Waals surface area contributed by atoms with Crippen LogP contribution in [-0.2, 0) is 0 Å². The molecule has 0 aromatic rings. The van der Waals surface area contributed by atoms with Crippen LogP contribution >= 0.6 is 0 Å². The first-order chi connectivity index (χ1) is 4.18. The molecule has 0 aliphatic heterocycles. The smallest absolute Gasteiger partial charge is 0.0989 e. The van der Waals surface area contributed by atoms with E-state index in [2.05, 4.69) is 6.58 Å². The number of rotatable bonds is 3. The SMILES string of the molecule is C=CCCC(F)=C(C)C. The molecule has 0 heterocycles. The van der Waals surface area contributed by atoms with Crippen LogP contribution < -0.4 is 0 Å². The molecular formula is C8H13F. The fraction of sp³-hybridized carbons (Fsp3) is 0.500. The second-order valence-electron chi connectivity index (χ2n) is 2.23. The van der Waals surface area contributed by atoms with E-state index < -0.39 is 0 Å². The Morgan fingerprint density at radius 2 is 2.11 bits per heavy atom. The minimum absolute atomic E-state index is 0.00472. The lowest BCUT2D eigenvalue weighted by atomic mass is 10.2. The lowest BCUT2D eigenvalue weighted by Crippen LogP contribution is -1.76. The van der Waals surface area contributed by atoms with Gasteiger partial charge in [-0.05, 0) is 25.8 Å². The van der Waals surface area contributed by atoms with Gasteiger partial charge in [-0.25, -0.2) is 4.39 Å². The Labute approximate surface area is 56.1 Å². The molecule has 0 spiro atoms. The fourth-order valence-electron chi connectivity index (χ4n) is 0.479. The predicted molar refractivity (Wildman–Crippen MR) is 38.9 cm³/mol. The monoisotopic (exact) mass is 128 g/mol. The van der Waals surface area contributed by atoms with Gasteiger partial charge in [0.15, 0.2) is 0 Å². The van der Waals surface area contributed by atoms with Gasteiger partial charge < -0.3 is 0 Å². The summed E-state index contributed by atoms with van der Waals surface area (Å²) in [6.45, 7) is 7.06. The molecule has 1 heteroatoms. The van der Waals surface area contributed by atoms with Crippen molar-refractivity contribution in [3.63, 3.8) is 0 Å². The predicted octanol–water partition coefficient (Wildman–Crippen LogP) is 3.22. The topological polar surface area (TPSA) is 0 Å². The lowest BCUT2D eigenvalue weighted by Gasteiger charge is -1.94. The quantitative estimate of drug-likeness (QED) is 0.512. The van der Waals surface area contributed by atoms with Crippen LogP contribution in [0.15, 0.2) is 24.1 Å². The van der Waals surface area contributed by atoms with Gasteiger partial charge in [-0.1, -0.05) is 6.08 Å². The summed E-state index contributed by atoms with van der Waals surface area (Å²) in [6.07, 6.45) is 2.96. The zero-order valence-corrected chi connectivity index (χ0v) is 6.08. The normalized spacial score (nSPS) is 8.78. The highest BCUT2D eigenvalue weighted by Gasteiger charge is 1.93. The molecule has 0 atom stereocenters. The summed E-state index contributed by atoms with van der Waals surface area (Å²) in [7, 11) is 0. The van der Waals surface area contributed by atoms with Crippen molar-refractivity contribution in [1.29, 1.82) is 0 Å². The van der Waals surface area contributed by atoms with Crippen molar-refractivity contribution in [3.05, 3.63) is 24.1 Å². The van der Waals surface area contributed by atoms with Crippen molar-refractivity contribution in [2.75, 3.05) is 0 Å². The van der Waals surface area contributed by atoms with Gasteiger partial charge in [0.25, 0.3) is 0 Å². The van der Waals surface area contributed by atoms with E-state index in [1.54, 1.807) is 19.9 Å². The van der Waals surface area contributed by atoms with Crippen molar-refractivity contribution in [2.45, 2.75) is 26.7 Å². The van der Waals surface area contributed by atoms with Crippen molar-refractivity contribution in [1.82, 2.24) is 0 Å². The molecule has 0 fully saturated rings. The van der Waals surface area contributed by atoms with Gasteiger partial charge in [0.05, 0.1) is 5.83 Å². The summed E-state index contributed by atoms with van der Waals surface area (Å²) < 4.78 is 12.5. The Kier molecular flexibility index (Phi) is 4.02. The van der Waals surface area contributed by atoms with Crippen LogP contribution in [0.5, 0.6) is 0 Å². The molecule has 0 unspecified atom stereocenters. The molecule has 0 bridgehead atoms. The van der Waals surface area contributed by atoms with Gasteiger partial charge in [-0.2, -0.15) is 0 Å². The minimum Gasteiger partial charge on any atom is -0.212 e. The first-order valence-corrected chi connectivity index (χ1v) is 3.11. The number of hydrogen-bond acceptors (Lipinski definition) is 0. The minimum atomic E-state index is -0.00472. The first kappa shape index (κ1) is 8.41. The van der Waals surface area contributed by atoms with E-state index in [-0.39, 0.29) is 5.83 Å². The largest absolute Gasteiger partial charge is 0.212 e. The molecule has 0 N–H and O–H groups in total. The first-order valence-electron chi connectivity index (χ1n) is 3.11. The molecule has 0 saturated heterocycles. The van der Waals surface area contributed by atoms with Gasteiger partial charge in [0, 0.05) is 6.42 Å². The molecule has 0 saturated carbocycles. The fourth-order valence-corrected chi connectivity index (χ4v) is 0.479. The van der Waals surface area contributed by atoms with Crippen molar-refractivity contribution in [2.24, 2.45) is 0 Å². The highest BCUT2D eigenvalue weighted by Crippen LogP contribution is 2.11. The standard InChI is InChI=1S/C8H13F/c1-4-5-6-8(9)7(2)3/h4H,1,5-6H2,2-3H3. The van der Waals surface area contributed by atoms with Gasteiger partial charge in [-0.3, -0.25) is 0 Å². The highest BCUT2D eigenvalue weighted by molar-refractivity contribution is 5.01. The summed E-state index contributed by atoms with van der Waals surface area (Å²) >= 11 is 0. The zero-order chi connectivity index (χ0) is 7.28. The number of halogens is 1. The van der Waals surface area contributed by atoms with E-state index in [4.69, 9.17) is 0 Å². The van der Waals surface area contributed by atoms with E-state index in [9.17, 15) is 4.39 Å². The Bertz CT molecular complexity index is 119. The highest BCUT2D eigenvalue weighted by atomic mass is 19.1. The molecule has 9 heavy (non-hydrogen) atoms. The second kappa shape index (κ2) is 4.30. The van der Waals surface area contributed by atoms with Gasteiger partial charge in [-0.15, -0.1) is 6.58 Å². The van der Waals surface area contributed by atoms with Crippen LogP contribution in [0.3, 0.4) is 0 Å². The molecule has 0 nitrogen and oxygen atoms in total. The molecule has 0 aromatic carbocycles. The Morgan fingerprint density at radius 3 is 2.44 bits per heavy atom. The maximum Gasteiger partial charge on any atom is 0.0989 e. The molecule has 0 radical (unpaired) electrons. The molecule has 52 valence electrons. The van der Waals surface area contributed by atoms with Crippen LogP contribution in [-0.4, -0.2) is 0 Å². The molecular weight excluding hydrogens is 115 g/mol. The summed E-state index contributed by atoms with van der Waals surface area (Å²) in [5.41, 5.74) is 0.775. The Hall–Kier alpha value is -0.590. The van der Waals surface area contributed by atoms with Crippen molar-refractivity contribution < 1.29 is 4.39 Å². The average molecular weight is 128 g/mol. The van der Waals surface area contributed by atoms with E-state index in [1.165, 1.54) is 0 Å². The number of allylic oxidation sites excluding steroid dienone is 3. The maximum absolute atomic E-state index is 12.5. The molecule has 0 aromatic heterocycles. The molecule has 0 aliphatic rings. The number of hydrogen-bond donors (Lipinski definition) is 0. The van der Waals surface area contributed by atoms with Crippen molar-refractivity contribution in [3.8, 4) is 0 Å².